The molecule has 1 unspecified atom stereocenters. The third-order valence-corrected chi connectivity index (χ3v) is 6.58. The van der Waals surface area contributed by atoms with E-state index in [0.29, 0.717) is 39.0 Å². The van der Waals surface area contributed by atoms with Crippen molar-refractivity contribution in [1.82, 2.24) is 10.6 Å². The van der Waals surface area contributed by atoms with Crippen molar-refractivity contribution in [2.24, 2.45) is 0 Å². The van der Waals surface area contributed by atoms with Crippen molar-refractivity contribution in [2.45, 2.75) is 76.7 Å². The smallest absolute Gasteiger partial charge is 0.246 e. The standard InChI is InChI=1S/C28H49N2O6P/c1-2-3-4-5-6-7-8-24-9-11-25(12-10-24)13-15-28(22-31,23-32)30-27(34)21-36-19-18-35-17-16-29-26(33)14-20-37/h9-12,31-32H,2-8,13-23,37H2,1H3,(H,29,33)(H,30,34). The van der Waals surface area contributed by atoms with E-state index in [2.05, 4.69) is 51.1 Å². The molecule has 1 aromatic rings. The number of aliphatic hydroxyl groups is 2. The highest BCUT2D eigenvalue weighted by Gasteiger charge is 2.30. The van der Waals surface area contributed by atoms with Crippen LogP contribution in [0.15, 0.2) is 24.3 Å². The van der Waals surface area contributed by atoms with Gasteiger partial charge in [-0.2, -0.15) is 0 Å². The SMILES string of the molecule is CCCCCCCCc1ccc(CCC(CO)(CO)NC(=O)COCCOCCNC(=O)CCP)cc1. The zero-order valence-corrected chi connectivity index (χ0v) is 23.8. The first-order valence-corrected chi connectivity index (χ1v) is 14.5. The van der Waals surface area contributed by atoms with Crippen LogP contribution < -0.4 is 10.6 Å². The van der Waals surface area contributed by atoms with Crippen molar-refractivity contribution in [3.8, 4) is 0 Å². The summed E-state index contributed by atoms with van der Waals surface area (Å²) in [6, 6.07) is 8.47. The zero-order valence-electron chi connectivity index (χ0n) is 22.6. The Hall–Kier alpha value is -1.57. The Labute approximate surface area is 225 Å². The van der Waals surface area contributed by atoms with E-state index in [4.69, 9.17) is 9.47 Å². The van der Waals surface area contributed by atoms with Crippen LogP contribution in [0.2, 0.25) is 0 Å². The Bertz CT molecular complexity index is 728. The maximum absolute atomic E-state index is 12.3. The summed E-state index contributed by atoms with van der Waals surface area (Å²) in [5, 5.41) is 25.3. The van der Waals surface area contributed by atoms with Crippen LogP contribution in [-0.2, 0) is 31.9 Å². The predicted molar refractivity (Wildman–Crippen MR) is 151 cm³/mol. The second-order valence-electron chi connectivity index (χ2n) is 9.53. The molecule has 0 radical (unpaired) electrons. The van der Waals surface area contributed by atoms with Crippen LogP contribution in [0.25, 0.3) is 0 Å². The molecule has 0 spiro atoms. The maximum Gasteiger partial charge on any atom is 0.246 e. The fourth-order valence-corrected chi connectivity index (χ4v) is 4.18. The minimum Gasteiger partial charge on any atom is -0.394 e. The largest absolute Gasteiger partial charge is 0.394 e. The van der Waals surface area contributed by atoms with E-state index >= 15 is 0 Å². The summed E-state index contributed by atoms with van der Waals surface area (Å²) in [6.45, 7) is 2.64. The van der Waals surface area contributed by atoms with Crippen molar-refractivity contribution in [2.75, 3.05) is 52.3 Å². The van der Waals surface area contributed by atoms with Crippen LogP contribution >= 0.6 is 9.24 Å². The number of benzene rings is 1. The molecule has 0 aliphatic rings. The second-order valence-corrected chi connectivity index (χ2v) is 10.1. The number of nitrogens with one attached hydrogen (secondary N) is 2. The van der Waals surface area contributed by atoms with Gasteiger partial charge in [0.25, 0.3) is 0 Å². The van der Waals surface area contributed by atoms with Gasteiger partial charge in [-0.05, 0) is 43.0 Å². The third kappa shape index (κ3) is 16.1. The molecule has 0 bridgehead atoms. The van der Waals surface area contributed by atoms with Crippen LogP contribution in [0.1, 0.15) is 69.4 Å². The topological polar surface area (TPSA) is 117 Å². The molecule has 1 atom stereocenters. The number of aliphatic hydroxyl groups excluding tert-OH is 2. The molecular formula is C28H49N2O6P. The molecule has 0 aromatic heterocycles. The van der Waals surface area contributed by atoms with Crippen molar-refractivity contribution in [3.05, 3.63) is 35.4 Å². The molecule has 0 fully saturated rings. The average Bonchev–Trinajstić information content (AvgIpc) is 2.91. The molecule has 1 rings (SSSR count). The third-order valence-electron chi connectivity index (χ3n) is 6.29. The van der Waals surface area contributed by atoms with E-state index in [1.165, 1.54) is 44.1 Å². The van der Waals surface area contributed by atoms with Crippen LogP contribution in [0.4, 0.5) is 0 Å². The summed E-state index contributed by atoms with van der Waals surface area (Å²) in [7, 11) is 2.51. The first-order chi connectivity index (χ1) is 18.0. The highest BCUT2D eigenvalue weighted by Crippen LogP contribution is 2.16. The lowest BCUT2D eigenvalue weighted by Crippen LogP contribution is -2.55. The lowest BCUT2D eigenvalue weighted by Gasteiger charge is -2.31. The van der Waals surface area contributed by atoms with E-state index in [-0.39, 0.29) is 32.3 Å². The Morgan fingerprint density at radius 3 is 2.14 bits per heavy atom. The first-order valence-electron chi connectivity index (χ1n) is 13.7. The lowest BCUT2D eigenvalue weighted by molar-refractivity contribution is -0.129. The minimum atomic E-state index is -1.11. The van der Waals surface area contributed by atoms with Gasteiger partial charge in [0.15, 0.2) is 0 Å². The number of carbonyl (C=O) groups is 2. The van der Waals surface area contributed by atoms with E-state index in [0.717, 1.165) is 18.1 Å². The number of hydrogen-bond acceptors (Lipinski definition) is 6. The number of ether oxygens (including phenoxy) is 2. The van der Waals surface area contributed by atoms with E-state index in [1.54, 1.807) is 0 Å². The zero-order chi connectivity index (χ0) is 27.2. The van der Waals surface area contributed by atoms with Gasteiger partial charge in [0.1, 0.15) is 6.61 Å². The summed E-state index contributed by atoms with van der Waals surface area (Å²) in [6.07, 6.45) is 11.0. The molecule has 0 heterocycles. The Morgan fingerprint density at radius 1 is 0.865 bits per heavy atom. The van der Waals surface area contributed by atoms with Crippen LogP contribution in [0.5, 0.6) is 0 Å². The van der Waals surface area contributed by atoms with Gasteiger partial charge in [-0.15, -0.1) is 9.24 Å². The molecule has 0 aliphatic carbocycles. The van der Waals surface area contributed by atoms with Crippen molar-refractivity contribution < 1.29 is 29.3 Å². The quantitative estimate of drug-likeness (QED) is 0.125. The summed E-state index contributed by atoms with van der Waals surface area (Å²) >= 11 is 0. The molecule has 0 saturated carbocycles. The number of aryl methyl sites for hydroxylation is 2. The molecule has 0 saturated heterocycles. The van der Waals surface area contributed by atoms with Crippen LogP contribution in [0.3, 0.4) is 0 Å². The van der Waals surface area contributed by atoms with Crippen molar-refractivity contribution in [1.29, 1.82) is 0 Å². The highest BCUT2D eigenvalue weighted by atomic mass is 31.0. The van der Waals surface area contributed by atoms with Gasteiger partial charge in [0.05, 0.1) is 38.6 Å². The van der Waals surface area contributed by atoms with Crippen LogP contribution in [0, 0.1) is 0 Å². The first kappa shape index (κ1) is 33.5. The number of hydrogen-bond donors (Lipinski definition) is 4. The van der Waals surface area contributed by atoms with Gasteiger partial charge in [0, 0.05) is 13.0 Å². The minimum absolute atomic E-state index is 0.0108. The van der Waals surface area contributed by atoms with E-state index in [9.17, 15) is 19.8 Å². The fourth-order valence-electron chi connectivity index (χ4n) is 3.91. The van der Waals surface area contributed by atoms with Gasteiger partial charge < -0.3 is 30.3 Å². The fraction of sp³-hybridized carbons (Fsp3) is 0.714. The molecule has 8 nitrogen and oxygen atoms in total. The number of amides is 2. The Morgan fingerprint density at radius 2 is 1.49 bits per heavy atom. The summed E-state index contributed by atoms with van der Waals surface area (Å²) in [5.74, 6) is -0.412. The molecule has 37 heavy (non-hydrogen) atoms. The molecule has 2 amide bonds. The molecule has 4 N–H and O–H groups in total. The van der Waals surface area contributed by atoms with E-state index in [1.807, 2.05) is 0 Å². The summed E-state index contributed by atoms with van der Waals surface area (Å²) < 4.78 is 10.7. The van der Waals surface area contributed by atoms with Crippen molar-refractivity contribution in [3.63, 3.8) is 0 Å². The average molecular weight is 541 g/mol. The molecule has 1 aromatic carbocycles. The molecule has 212 valence electrons. The number of carbonyl (C=O) groups excluding carboxylic acids is 2. The Kier molecular flexibility index (Phi) is 19.3. The van der Waals surface area contributed by atoms with Crippen molar-refractivity contribution >= 4 is 21.1 Å². The summed E-state index contributed by atoms with van der Waals surface area (Å²) in [4.78, 5) is 23.7. The Balaban J connectivity index is 2.29. The lowest BCUT2D eigenvalue weighted by atomic mass is 9.92. The van der Waals surface area contributed by atoms with Gasteiger partial charge in [-0.3, -0.25) is 9.59 Å². The van der Waals surface area contributed by atoms with Gasteiger partial charge in [-0.1, -0.05) is 63.3 Å². The summed E-state index contributed by atoms with van der Waals surface area (Å²) in [5.41, 5.74) is 1.32. The van der Waals surface area contributed by atoms with Gasteiger partial charge >= 0.3 is 0 Å². The normalized spacial score (nSPS) is 11.5. The van der Waals surface area contributed by atoms with Gasteiger partial charge in [-0.25, -0.2) is 0 Å². The van der Waals surface area contributed by atoms with Crippen LogP contribution in [-0.4, -0.2) is 79.9 Å². The second kappa shape index (κ2) is 21.4. The monoisotopic (exact) mass is 540 g/mol. The number of rotatable bonds is 23. The predicted octanol–water partition coefficient (Wildman–Crippen LogP) is 2.78. The van der Waals surface area contributed by atoms with E-state index < -0.39 is 11.4 Å². The van der Waals surface area contributed by atoms with Gasteiger partial charge in [0.2, 0.25) is 11.8 Å². The molecule has 9 heteroatoms. The maximum atomic E-state index is 12.3. The molecule has 0 aliphatic heterocycles. The molecular weight excluding hydrogens is 491 g/mol. The highest BCUT2D eigenvalue weighted by molar-refractivity contribution is 7.16. The number of unbranched alkanes of at least 4 members (excludes halogenated alkanes) is 5.